The van der Waals surface area contributed by atoms with Gasteiger partial charge in [0.15, 0.2) is 0 Å². The van der Waals surface area contributed by atoms with Gasteiger partial charge in [-0.15, -0.1) is 0 Å². The van der Waals surface area contributed by atoms with E-state index >= 15 is 0 Å². The largest absolute Gasteiger partial charge is 0.291 e. The zero-order valence-corrected chi connectivity index (χ0v) is 7.98. The minimum Gasteiger partial charge on any atom is -0.291 e. The molecule has 0 bridgehead atoms. The van der Waals surface area contributed by atoms with Crippen LogP contribution in [0.2, 0.25) is 0 Å². The fourth-order valence-corrected chi connectivity index (χ4v) is 1.53. The number of nitrogens with zero attached hydrogens (tertiary/aromatic N) is 3. The van der Waals surface area contributed by atoms with Crippen molar-refractivity contribution in [2.45, 2.75) is 0 Å². The van der Waals surface area contributed by atoms with Crippen molar-refractivity contribution < 1.29 is 0 Å². The molecule has 0 aliphatic carbocycles. The van der Waals surface area contributed by atoms with Crippen LogP contribution in [0, 0.1) is 0 Å². The Hall–Kier alpha value is -1.06. The van der Waals surface area contributed by atoms with Gasteiger partial charge in [-0.2, -0.15) is 0 Å². The van der Waals surface area contributed by atoms with Crippen LogP contribution in [-0.4, -0.2) is 41.7 Å². The summed E-state index contributed by atoms with van der Waals surface area (Å²) in [6, 6.07) is 0. The van der Waals surface area contributed by atoms with E-state index in [2.05, 4.69) is 40.9 Å². The third-order valence-electron chi connectivity index (χ3n) is 2.35. The highest BCUT2D eigenvalue weighted by atomic mass is 15.7. The number of allylic oxidation sites excluding steroid dienone is 3. The second kappa shape index (κ2) is 3.36. The van der Waals surface area contributed by atoms with Gasteiger partial charge in [-0.25, -0.2) is 5.01 Å². The van der Waals surface area contributed by atoms with Crippen LogP contribution in [0.3, 0.4) is 0 Å². The standard InChI is InChI=1S/C10H15N3/c1-10-3-5-12(6-4-10)13-8-7-11(2)9-13/h3-6H,1,7-9H2,2H3. The minimum absolute atomic E-state index is 1.00. The fourth-order valence-electron chi connectivity index (χ4n) is 1.53. The molecule has 0 unspecified atom stereocenters. The summed E-state index contributed by atoms with van der Waals surface area (Å²) in [6.07, 6.45) is 8.17. The lowest BCUT2D eigenvalue weighted by Crippen LogP contribution is -2.35. The second-order valence-electron chi connectivity index (χ2n) is 3.54. The Bertz CT molecular complexity index is 251. The molecule has 3 nitrogen and oxygen atoms in total. The van der Waals surface area contributed by atoms with Crippen LogP contribution in [0.1, 0.15) is 0 Å². The smallest absolute Gasteiger partial charge is 0.0698 e. The Balaban J connectivity index is 1.99. The predicted molar refractivity (Wildman–Crippen MR) is 53.5 cm³/mol. The summed E-state index contributed by atoms with van der Waals surface area (Å²) in [7, 11) is 2.14. The lowest BCUT2D eigenvalue weighted by Gasteiger charge is -2.28. The molecule has 2 rings (SSSR count). The van der Waals surface area contributed by atoms with E-state index in [1.165, 1.54) is 0 Å². The maximum atomic E-state index is 3.86. The Labute approximate surface area is 79.2 Å². The van der Waals surface area contributed by atoms with Crippen molar-refractivity contribution in [3.63, 3.8) is 0 Å². The molecule has 1 fully saturated rings. The highest BCUT2D eigenvalue weighted by Gasteiger charge is 2.19. The number of hydrogen-bond donors (Lipinski definition) is 0. The topological polar surface area (TPSA) is 9.72 Å². The van der Waals surface area contributed by atoms with Gasteiger partial charge in [0.2, 0.25) is 0 Å². The molecule has 2 heterocycles. The number of likely N-dealkylation sites (N-methyl/N-ethyl adjacent to an activating group) is 1. The Kier molecular flexibility index (Phi) is 2.20. The summed E-state index contributed by atoms with van der Waals surface area (Å²) >= 11 is 0. The molecule has 1 saturated heterocycles. The monoisotopic (exact) mass is 177 g/mol. The molecule has 70 valence electrons. The average molecular weight is 177 g/mol. The molecule has 13 heavy (non-hydrogen) atoms. The van der Waals surface area contributed by atoms with Crippen molar-refractivity contribution >= 4 is 0 Å². The molecule has 2 aliphatic heterocycles. The van der Waals surface area contributed by atoms with Crippen LogP contribution in [0.5, 0.6) is 0 Å². The molecule has 0 spiro atoms. The summed E-state index contributed by atoms with van der Waals surface area (Å²) in [4.78, 5) is 2.30. The van der Waals surface area contributed by atoms with Crippen molar-refractivity contribution in [3.8, 4) is 0 Å². The summed E-state index contributed by atoms with van der Waals surface area (Å²) in [6.45, 7) is 7.10. The first-order valence-electron chi connectivity index (χ1n) is 4.53. The van der Waals surface area contributed by atoms with E-state index in [1.807, 2.05) is 12.2 Å². The number of hydrazine groups is 1. The van der Waals surface area contributed by atoms with Gasteiger partial charge >= 0.3 is 0 Å². The van der Waals surface area contributed by atoms with Gasteiger partial charge in [0.05, 0.1) is 6.67 Å². The van der Waals surface area contributed by atoms with Crippen molar-refractivity contribution in [1.82, 2.24) is 14.9 Å². The summed E-state index contributed by atoms with van der Waals surface area (Å²) in [5.41, 5.74) is 1.06. The van der Waals surface area contributed by atoms with E-state index < -0.39 is 0 Å². The first-order chi connectivity index (χ1) is 6.25. The fraction of sp³-hybridized carbons (Fsp3) is 0.400. The number of hydrogen-bond acceptors (Lipinski definition) is 3. The van der Waals surface area contributed by atoms with Crippen molar-refractivity contribution in [2.24, 2.45) is 0 Å². The van der Waals surface area contributed by atoms with E-state index in [1.54, 1.807) is 0 Å². The van der Waals surface area contributed by atoms with E-state index in [0.29, 0.717) is 0 Å². The van der Waals surface area contributed by atoms with Gasteiger partial charge in [-0.05, 0) is 24.8 Å². The predicted octanol–water partition coefficient (Wildman–Crippen LogP) is 1.01. The quantitative estimate of drug-likeness (QED) is 0.591. The van der Waals surface area contributed by atoms with E-state index in [-0.39, 0.29) is 0 Å². The lowest BCUT2D eigenvalue weighted by atomic mass is 10.2. The summed E-state index contributed by atoms with van der Waals surface area (Å²) < 4.78 is 0. The minimum atomic E-state index is 1.00. The van der Waals surface area contributed by atoms with Gasteiger partial charge in [0.1, 0.15) is 0 Å². The summed E-state index contributed by atoms with van der Waals surface area (Å²) in [5.74, 6) is 0. The zero-order chi connectivity index (χ0) is 9.26. The highest BCUT2D eigenvalue weighted by molar-refractivity contribution is 5.30. The van der Waals surface area contributed by atoms with E-state index in [9.17, 15) is 0 Å². The number of rotatable bonds is 1. The van der Waals surface area contributed by atoms with Crippen LogP contribution in [0.4, 0.5) is 0 Å². The molecule has 0 amide bonds. The maximum absolute atomic E-state index is 3.86. The first kappa shape index (κ1) is 8.53. The van der Waals surface area contributed by atoms with Crippen LogP contribution in [-0.2, 0) is 0 Å². The van der Waals surface area contributed by atoms with Crippen molar-refractivity contribution in [3.05, 3.63) is 36.7 Å². The molecular weight excluding hydrogens is 162 g/mol. The molecule has 0 atom stereocenters. The van der Waals surface area contributed by atoms with Crippen LogP contribution < -0.4 is 0 Å². The van der Waals surface area contributed by atoms with Gasteiger partial charge in [-0.1, -0.05) is 6.58 Å². The zero-order valence-electron chi connectivity index (χ0n) is 7.98. The van der Waals surface area contributed by atoms with Crippen LogP contribution in [0.15, 0.2) is 36.7 Å². The highest BCUT2D eigenvalue weighted by Crippen LogP contribution is 2.13. The average Bonchev–Trinajstić information content (AvgIpc) is 2.53. The molecule has 3 heteroatoms. The molecule has 0 aromatic carbocycles. The summed E-state index contributed by atoms with van der Waals surface area (Å²) in [5, 5.41) is 4.41. The Morgan fingerprint density at radius 1 is 1.23 bits per heavy atom. The molecule has 0 saturated carbocycles. The van der Waals surface area contributed by atoms with Gasteiger partial charge in [0, 0.05) is 25.5 Å². The third-order valence-corrected chi connectivity index (χ3v) is 2.35. The van der Waals surface area contributed by atoms with Crippen molar-refractivity contribution in [2.75, 3.05) is 26.8 Å². The SMILES string of the molecule is C=C1C=CN(N2CCN(C)C2)C=C1. The maximum Gasteiger partial charge on any atom is 0.0698 e. The Morgan fingerprint density at radius 3 is 2.46 bits per heavy atom. The lowest BCUT2D eigenvalue weighted by molar-refractivity contribution is 0.0805. The third kappa shape index (κ3) is 1.82. The van der Waals surface area contributed by atoms with Crippen LogP contribution >= 0.6 is 0 Å². The first-order valence-corrected chi connectivity index (χ1v) is 4.53. The molecule has 0 aromatic heterocycles. The normalized spacial score (nSPS) is 24.7. The molecule has 0 radical (unpaired) electrons. The van der Waals surface area contributed by atoms with E-state index in [0.717, 1.165) is 25.3 Å². The van der Waals surface area contributed by atoms with Gasteiger partial charge in [-0.3, -0.25) is 9.91 Å². The van der Waals surface area contributed by atoms with Gasteiger partial charge < -0.3 is 0 Å². The van der Waals surface area contributed by atoms with Gasteiger partial charge in [0.25, 0.3) is 0 Å². The Morgan fingerprint density at radius 2 is 1.92 bits per heavy atom. The molecule has 0 N–H and O–H groups in total. The molecular formula is C10H15N3. The molecule has 2 aliphatic rings. The second-order valence-corrected chi connectivity index (χ2v) is 3.54. The van der Waals surface area contributed by atoms with Crippen molar-refractivity contribution in [1.29, 1.82) is 0 Å². The molecule has 0 aromatic rings. The van der Waals surface area contributed by atoms with Crippen LogP contribution in [0.25, 0.3) is 0 Å². The van der Waals surface area contributed by atoms with E-state index in [4.69, 9.17) is 0 Å².